The third kappa shape index (κ3) is 3.45. The Hall–Kier alpha value is -2.59. The van der Waals surface area contributed by atoms with Crippen LogP contribution in [0.2, 0.25) is 0 Å². The molecule has 2 aromatic rings. The lowest BCUT2D eigenvalue weighted by Crippen LogP contribution is -2.38. The second-order valence-corrected chi connectivity index (χ2v) is 7.71. The van der Waals surface area contributed by atoms with Gasteiger partial charge in [0, 0.05) is 36.7 Å². The van der Waals surface area contributed by atoms with Crippen LogP contribution in [0.25, 0.3) is 0 Å². The third-order valence-corrected chi connectivity index (χ3v) is 6.02. The van der Waals surface area contributed by atoms with Crippen LogP contribution in [0.1, 0.15) is 41.3 Å². The van der Waals surface area contributed by atoms with Gasteiger partial charge in [-0.2, -0.15) is 0 Å². The van der Waals surface area contributed by atoms with Gasteiger partial charge >= 0.3 is 0 Å². The first kappa shape index (κ1) is 18.8. The minimum atomic E-state index is 0.162. The summed E-state index contributed by atoms with van der Waals surface area (Å²) in [4.78, 5) is 15.6. The molecule has 1 atom stereocenters. The second-order valence-electron chi connectivity index (χ2n) is 7.71. The zero-order chi connectivity index (χ0) is 19.7. The van der Waals surface area contributed by atoms with Crippen molar-refractivity contribution >= 4 is 5.78 Å². The first-order valence-corrected chi connectivity index (χ1v) is 9.89. The molecular weight excluding hydrogens is 350 g/mol. The van der Waals surface area contributed by atoms with Gasteiger partial charge in [0.05, 0.1) is 14.2 Å². The van der Waals surface area contributed by atoms with Crippen LogP contribution < -0.4 is 9.47 Å². The summed E-state index contributed by atoms with van der Waals surface area (Å²) in [5.41, 5.74) is 5.45. The van der Waals surface area contributed by atoms with Crippen molar-refractivity contribution in [2.45, 2.75) is 38.8 Å². The highest BCUT2D eigenvalue weighted by molar-refractivity contribution is 6.14. The average molecular weight is 377 g/mol. The molecule has 0 spiro atoms. The first-order valence-electron chi connectivity index (χ1n) is 9.89. The van der Waals surface area contributed by atoms with Gasteiger partial charge in [0.2, 0.25) is 0 Å². The number of fused-ring (bicyclic) bond motifs is 1. The van der Waals surface area contributed by atoms with E-state index in [9.17, 15) is 4.79 Å². The van der Waals surface area contributed by atoms with E-state index in [0.717, 1.165) is 42.6 Å². The van der Waals surface area contributed by atoms with Crippen LogP contribution in [0, 0.1) is 0 Å². The standard InChI is InChI=1S/C24H27NO3/c1-16-11-18(9-10-25(16)15-17-7-5-4-6-8-17)20-12-19-13-22(27-2)23(28-3)14-21(19)24(20)26/h4-8,13-14,16H,9-12,15H2,1-3H3/b20-18+. The van der Waals surface area contributed by atoms with Crippen molar-refractivity contribution in [1.82, 2.24) is 4.90 Å². The summed E-state index contributed by atoms with van der Waals surface area (Å²) in [6.07, 6.45) is 2.62. The van der Waals surface area contributed by atoms with E-state index < -0.39 is 0 Å². The minimum Gasteiger partial charge on any atom is -0.493 e. The Balaban J connectivity index is 1.53. The maximum Gasteiger partial charge on any atom is 0.189 e. The van der Waals surface area contributed by atoms with Crippen molar-refractivity contribution in [3.63, 3.8) is 0 Å². The second kappa shape index (κ2) is 7.80. The van der Waals surface area contributed by atoms with Crippen molar-refractivity contribution < 1.29 is 14.3 Å². The average Bonchev–Trinajstić information content (AvgIpc) is 3.05. The van der Waals surface area contributed by atoms with Crippen LogP contribution in [0.3, 0.4) is 0 Å². The fourth-order valence-electron chi connectivity index (χ4n) is 4.41. The Morgan fingerprint density at radius 2 is 1.79 bits per heavy atom. The van der Waals surface area contributed by atoms with E-state index >= 15 is 0 Å². The van der Waals surface area contributed by atoms with Gasteiger partial charge in [-0.3, -0.25) is 9.69 Å². The zero-order valence-corrected chi connectivity index (χ0v) is 16.8. The summed E-state index contributed by atoms with van der Waals surface area (Å²) < 4.78 is 10.8. The lowest BCUT2D eigenvalue weighted by molar-refractivity contribution is 0.103. The molecular formula is C24H27NO3. The molecule has 4 heteroatoms. The highest BCUT2D eigenvalue weighted by Crippen LogP contribution is 2.39. The Morgan fingerprint density at radius 1 is 1.07 bits per heavy atom. The highest BCUT2D eigenvalue weighted by Gasteiger charge is 2.32. The fourth-order valence-corrected chi connectivity index (χ4v) is 4.41. The summed E-state index contributed by atoms with van der Waals surface area (Å²) in [5.74, 6) is 1.47. The van der Waals surface area contributed by atoms with E-state index in [4.69, 9.17) is 9.47 Å². The molecule has 1 heterocycles. The molecule has 0 aromatic heterocycles. The van der Waals surface area contributed by atoms with Crippen LogP contribution >= 0.6 is 0 Å². The van der Waals surface area contributed by atoms with E-state index in [1.807, 2.05) is 12.1 Å². The van der Waals surface area contributed by atoms with E-state index in [-0.39, 0.29) is 5.78 Å². The largest absolute Gasteiger partial charge is 0.493 e. The Kier molecular flexibility index (Phi) is 5.23. The van der Waals surface area contributed by atoms with Crippen molar-refractivity contribution in [2.75, 3.05) is 20.8 Å². The van der Waals surface area contributed by atoms with Gasteiger partial charge in [-0.25, -0.2) is 0 Å². The van der Waals surface area contributed by atoms with Gasteiger partial charge in [-0.1, -0.05) is 35.9 Å². The Labute approximate surface area is 166 Å². The maximum atomic E-state index is 13.1. The molecule has 28 heavy (non-hydrogen) atoms. The topological polar surface area (TPSA) is 38.8 Å². The summed E-state index contributed by atoms with van der Waals surface area (Å²) in [7, 11) is 3.23. The van der Waals surface area contributed by atoms with Crippen molar-refractivity contribution in [3.8, 4) is 11.5 Å². The quantitative estimate of drug-likeness (QED) is 0.739. The number of Topliss-reactive ketones (excluding diaryl/α,β-unsaturated/α-hetero) is 1. The van der Waals surface area contributed by atoms with Crippen LogP contribution in [0.5, 0.6) is 11.5 Å². The molecule has 1 aliphatic heterocycles. The third-order valence-electron chi connectivity index (χ3n) is 6.02. The number of nitrogens with zero attached hydrogens (tertiary/aromatic N) is 1. The molecule has 1 aliphatic carbocycles. The smallest absolute Gasteiger partial charge is 0.189 e. The molecule has 0 amide bonds. The number of hydrogen-bond acceptors (Lipinski definition) is 4. The maximum absolute atomic E-state index is 13.1. The SMILES string of the molecule is COc1cc2c(cc1OC)C(=O)/C(=C1\CCN(Cc3ccccc3)C(C)C1)C2. The number of benzene rings is 2. The number of hydrogen-bond donors (Lipinski definition) is 0. The molecule has 1 unspecified atom stereocenters. The van der Waals surface area contributed by atoms with Crippen LogP contribution in [-0.2, 0) is 13.0 Å². The van der Waals surface area contributed by atoms with E-state index in [0.29, 0.717) is 24.0 Å². The number of ether oxygens (including phenoxy) is 2. The molecule has 0 radical (unpaired) electrons. The molecule has 2 aliphatic rings. The first-order chi connectivity index (χ1) is 13.6. The number of carbonyl (C=O) groups is 1. The van der Waals surface area contributed by atoms with E-state index in [2.05, 4.69) is 42.2 Å². The molecule has 1 fully saturated rings. The van der Waals surface area contributed by atoms with Crippen molar-refractivity contribution in [3.05, 3.63) is 70.3 Å². The number of likely N-dealkylation sites (tertiary alicyclic amines) is 1. The number of carbonyl (C=O) groups excluding carboxylic acids is 1. The van der Waals surface area contributed by atoms with Gasteiger partial charge < -0.3 is 9.47 Å². The summed E-state index contributed by atoms with van der Waals surface area (Å²) >= 11 is 0. The van der Waals surface area contributed by atoms with Crippen LogP contribution in [0.15, 0.2) is 53.6 Å². The number of methoxy groups -OCH3 is 2. The van der Waals surface area contributed by atoms with Gasteiger partial charge in [0.25, 0.3) is 0 Å². The Morgan fingerprint density at radius 3 is 2.46 bits per heavy atom. The molecule has 0 bridgehead atoms. The van der Waals surface area contributed by atoms with Crippen molar-refractivity contribution in [1.29, 1.82) is 0 Å². The summed E-state index contributed by atoms with van der Waals surface area (Å²) in [5, 5.41) is 0. The molecule has 0 N–H and O–H groups in total. The Bertz CT molecular complexity index is 917. The number of allylic oxidation sites excluding steroid dienone is 1. The molecule has 0 saturated carbocycles. The lowest BCUT2D eigenvalue weighted by Gasteiger charge is -2.35. The number of piperidine rings is 1. The lowest BCUT2D eigenvalue weighted by atomic mass is 9.91. The summed E-state index contributed by atoms with van der Waals surface area (Å²) in [6.45, 7) is 4.22. The predicted molar refractivity (Wildman–Crippen MR) is 110 cm³/mol. The zero-order valence-electron chi connectivity index (χ0n) is 16.8. The molecule has 4 rings (SSSR count). The van der Waals surface area contributed by atoms with Gasteiger partial charge in [-0.05, 0) is 43.0 Å². The van der Waals surface area contributed by atoms with Gasteiger partial charge in [0.15, 0.2) is 17.3 Å². The summed E-state index contributed by atoms with van der Waals surface area (Å²) in [6, 6.07) is 14.8. The highest BCUT2D eigenvalue weighted by atomic mass is 16.5. The van der Waals surface area contributed by atoms with E-state index in [1.165, 1.54) is 11.1 Å². The van der Waals surface area contributed by atoms with Gasteiger partial charge in [0.1, 0.15) is 0 Å². The number of ketones is 1. The van der Waals surface area contributed by atoms with Crippen molar-refractivity contribution in [2.24, 2.45) is 0 Å². The van der Waals surface area contributed by atoms with Crippen LogP contribution in [-0.4, -0.2) is 37.5 Å². The van der Waals surface area contributed by atoms with Gasteiger partial charge in [-0.15, -0.1) is 0 Å². The predicted octanol–water partition coefficient (Wildman–Crippen LogP) is 4.42. The number of rotatable bonds is 4. The monoisotopic (exact) mass is 377 g/mol. The van der Waals surface area contributed by atoms with E-state index in [1.54, 1.807) is 14.2 Å². The molecule has 4 nitrogen and oxygen atoms in total. The fraction of sp³-hybridized carbons (Fsp3) is 0.375. The van der Waals surface area contributed by atoms with Crippen LogP contribution in [0.4, 0.5) is 0 Å². The normalized spacial score (nSPS) is 22.2. The molecule has 146 valence electrons. The minimum absolute atomic E-state index is 0.162. The molecule has 2 aromatic carbocycles. The molecule has 1 saturated heterocycles.